The van der Waals surface area contributed by atoms with Crippen molar-refractivity contribution in [2.75, 3.05) is 14.2 Å². The summed E-state index contributed by atoms with van der Waals surface area (Å²) in [6, 6.07) is 5.94. The van der Waals surface area contributed by atoms with Crippen LogP contribution in [-0.2, 0) is 0 Å². The predicted octanol–water partition coefficient (Wildman–Crippen LogP) is 2.68. The van der Waals surface area contributed by atoms with Crippen molar-refractivity contribution in [3.8, 4) is 5.75 Å². The Balaban J connectivity index is 2.90. The van der Waals surface area contributed by atoms with Crippen molar-refractivity contribution in [1.82, 2.24) is 4.72 Å². The molecule has 1 aromatic carbocycles. The Morgan fingerprint density at radius 3 is 2.75 bits per heavy atom. The lowest BCUT2D eigenvalue weighted by Crippen LogP contribution is -1.91. The van der Waals surface area contributed by atoms with Crippen LogP contribution >= 0.6 is 27.9 Å². The first-order valence-electron chi connectivity index (χ1n) is 3.44. The molecule has 2 nitrogen and oxygen atoms in total. The molecule has 4 heteroatoms. The van der Waals surface area contributed by atoms with Gasteiger partial charge in [-0.15, -0.1) is 0 Å². The van der Waals surface area contributed by atoms with Crippen molar-refractivity contribution < 1.29 is 4.74 Å². The van der Waals surface area contributed by atoms with Crippen LogP contribution in [0.2, 0.25) is 0 Å². The van der Waals surface area contributed by atoms with Gasteiger partial charge in [-0.25, -0.2) is 0 Å². The first-order valence-corrected chi connectivity index (χ1v) is 5.05. The maximum absolute atomic E-state index is 5.11. The third-order valence-electron chi connectivity index (χ3n) is 1.30. The second-order valence-electron chi connectivity index (χ2n) is 2.13. The largest absolute Gasteiger partial charge is 0.497 e. The Labute approximate surface area is 85.0 Å². The van der Waals surface area contributed by atoms with Crippen LogP contribution in [0.5, 0.6) is 5.75 Å². The summed E-state index contributed by atoms with van der Waals surface area (Å²) in [6.07, 6.45) is 0. The zero-order valence-corrected chi connectivity index (χ0v) is 9.33. The monoisotopic (exact) mass is 247 g/mol. The van der Waals surface area contributed by atoms with Gasteiger partial charge in [0.05, 0.1) is 7.11 Å². The fourth-order valence-electron chi connectivity index (χ4n) is 0.832. The molecule has 0 spiro atoms. The third kappa shape index (κ3) is 2.69. The quantitative estimate of drug-likeness (QED) is 0.831. The summed E-state index contributed by atoms with van der Waals surface area (Å²) in [5.74, 6) is 0.863. The van der Waals surface area contributed by atoms with Crippen molar-refractivity contribution >= 4 is 27.9 Å². The average Bonchev–Trinajstić information content (AvgIpc) is 2.04. The van der Waals surface area contributed by atoms with Gasteiger partial charge in [-0.1, -0.05) is 15.9 Å². The summed E-state index contributed by atoms with van der Waals surface area (Å²) in [7, 11) is 3.55. The van der Waals surface area contributed by atoms with Gasteiger partial charge in [-0.2, -0.15) is 0 Å². The molecule has 0 aliphatic carbocycles. The van der Waals surface area contributed by atoms with Crippen LogP contribution in [0.4, 0.5) is 0 Å². The molecule has 0 amide bonds. The summed E-state index contributed by atoms with van der Waals surface area (Å²) in [5.41, 5.74) is 0. The lowest BCUT2D eigenvalue weighted by molar-refractivity contribution is 0.413. The van der Waals surface area contributed by atoms with E-state index in [-0.39, 0.29) is 0 Å². The van der Waals surface area contributed by atoms with Gasteiger partial charge in [0.1, 0.15) is 5.75 Å². The maximum atomic E-state index is 5.11. The van der Waals surface area contributed by atoms with Gasteiger partial charge in [-0.05, 0) is 37.2 Å². The van der Waals surface area contributed by atoms with E-state index in [4.69, 9.17) is 4.74 Å². The molecule has 12 heavy (non-hydrogen) atoms. The van der Waals surface area contributed by atoms with Gasteiger partial charge in [0.25, 0.3) is 0 Å². The van der Waals surface area contributed by atoms with E-state index < -0.39 is 0 Å². The summed E-state index contributed by atoms with van der Waals surface area (Å²) in [6.45, 7) is 0. The Hall–Kier alpha value is -0.190. The van der Waals surface area contributed by atoms with Gasteiger partial charge in [-0.3, -0.25) is 4.72 Å². The molecular weight excluding hydrogens is 238 g/mol. The number of ether oxygens (including phenoxy) is 1. The normalized spacial score (nSPS) is 9.92. The zero-order valence-electron chi connectivity index (χ0n) is 6.93. The Morgan fingerprint density at radius 1 is 1.42 bits per heavy atom. The minimum absolute atomic E-state index is 0.863. The van der Waals surface area contributed by atoms with E-state index in [0.717, 1.165) is 15.1 Å². The highest BCUT2D eigenvalue weighted by atomic mass is 79.9. The summed E-state index contributed by atoms with van der Waals surface area (Å²) in [4.78, 5) is 1.13. The molecule has 0 radical (unpaired) electrons. The van der Waals surface area contributed by atoms with E-state index in [2.05, 4.69) is 20.7 Å². The van der Waals surface area contributed by atoms with Crippen molar-refractivity contribution in [3.63, 3.8) is 0 Å². The lowest BCUT2D eigenvalue weighted by atomic mass is 10.3. The van der Waals surface area contributed by atoms with Crippen LogP contribution in [0, 0.1) is 0 Å². The van der Waals surface area contributed by atoms with Crippen molar-refractivity contribution in [2.24, 2.45) is 0 Å². The topological polar surface area (TPSA) is 21.3 Å². The molecule has 0 saturated carbocycles. The predicted molar refractivity (Wildman–Crippen MR) is 55.6 cm³/mol. The average molecular weight is 248 g/mol. The zero-order chi connectivity index (χ0) is 8.97. The van der Waals surface area contributed by atoms with E-state index >= 15 is 0 Å². The summed E-state index contributed by atoms with van der Waals surface area (Å²) < 4.78 is 9.14. The fourth-order valence-corrected chi connectivity index (χ4v) is 2.05. The number of nitrogens with one attached hydrogen (secondary N) is 1. The highest BCUT2D eigenvalue weighted by molar-refractivity contribution is 9.10. The molecule has 0 unspecified atom stereocenters. The van der Waals surface area contributed by atoms with Crippen LogP contribution in [-0.4, -0.2) is 14.2 Å². The molecular formula is C8H10BrNOS. The molecule has 0 aliphatic heterocycles. The molecule has 0 aliphatic rings. The second kappa shape index (κ2) is 4.74. The number of rotatable bonds is 3. The van der Waals surface area contributed by atoms with Crippen molar-refractivity contribution in [3.05, 3.63) is 22.7 Å². The standard InChI is InChI=1S/C8H10BrNOS/c1-10-12-8-4-6(9)3-7(5-8)11-2/h3-5,10H,1-2H3. The van der Waals surface area contributed by atoms with E-state index in [9.17, 15) is 0 Å². The maximum Gasteiger partial charge on any atom is 0.121 e. The molecule has 1 aromatic rings. The Bertz CT molecular complexity index is 267. The van der Waals surface area contributed by atoms with E-state index in [1.807, 2.05) is 25.2 Å². The number of methoxy groups -OCH3 is 1. The molecule has 0 heterocycles. The van der Waals surface area contributed by atoms with Gasteiger partial charge in [0.15, 0.2) is 0 Å². The molecule has 0 aromatic heterocycles. The number of hydrogen-bond acceptors (Lipinski definition) is 3. The van der Waals surface area contributed by atoms with Gasteiger partial charge >= 0.3 is 0 Å². The summed E-state index contributed by atoms with van der Waals surface area (Å²) >= 11 is 4.96. The van der Waals surface area contributed by atoms with Crippen LogP contribution in [0.25, 0.3) is 0 Å². The highest BCUT2D eigenvalue weighted by Gasteiger charge is 1.98. The Kier molecular flexibility index (Phi) is 3.91. The SMILES string of the molecule is CNSc1cc(Br)cc(OC)c1. The molecule has 0 fully saturated rings. The first-order chi connectivity index (χ1) is 5.76. The smallest absolute Gasteiger partial charge is 0.121 e. The van der Waals surface area contributed by atoms with Crippen LogP contribution in [0.15, 0.2) is 27.6 Å². The van der Waals surface area contributed by atoms with E-state index in [1.165, 1.54) is 0 Å². The Morgan fingerprint density at radius 2 is 2.17 bits per heavy atom. The van der Waals surface area contributed by atoms with Gasteiger partial charge < -0.3 is 4.74 Å². The minimum atomic E-state index is 0.863. The summed E-state index contributed by atoms with van der Waals surface area (Å²) in [5, 5.41) is 0. The number of benzene rings is 1. The van der Waals surface area contributed by atoms with E-state index in [0.29, 0.717) is 0 Å². The number of halogens is 1. The second-order valence-corrected chi connectivity index (χ2v) is 4.13. The highest BCUT2D eigenvalue weighted by Crippen LogP contribution is 2.26. The fraction of sp³-hybridized carbons (Fsp3) is 0.250. The molecule has 66 valence electrons. The molecule has 0 saturated heterocycles. The molecule has 0 bridgehead atoms. The van der Waals surface area contributed by atoms with Crippen LogP contribution in [0.1, 0.15) is 0 Å². The molecule has 1 N–H and O–H groups in total. The van der Waals surface area contributed by atoms with Crippen LogP contribution in [0.3, 0.4) is 0 Å². The first kappa shape index (κ1) is 9.89. The lowest BCUT2D eigenvalue weighted by Gasteiger charge is -2.04. The van der Waals surface area contributed by atoms with E-state index in [1.54, 1.807) is 19.1 Å². The third-order valence-corrected chi connectivity index (χ3v) is 2.43. The van der Waals surface area contributed by atoms with Crippen LogP contribution < -0.4 is 9.46 Å². The van der Waals surface area contributed by atoms with Gasteiger partial charge in [0, 0.05) is 9.37 Å². The van der Waals surface area contributed by atoms with Gasteiger partial charge in [0.2, 0.25) is 0 Å². The van der Waals surface area contributed by atoms with Crippen molar-refractivity contribution in [1.29, 1.82) is 0 Å². The molecule has 1 rings (SSSR count). The van der Waals surface area contributed by atoms with Crippen molar-refractivity contribution in [2.45, 2.75) is 4.90 Å². The number of hydrogen-bond donors (Lipinski definition) is 1. The molecule has 0 atom stereocenters. The minimum Gasteiger partial charge on any atom is -0.497 e.